The fourth-order valence-electron chi connectivity index (χ4n) is 1.49. The summed E-state index contributed by atoms with van der Waals surface area (Å²) in [5, 5.41) is 3.09. The van der Waals surface area contributed by atoms with Crippen LogP contribution in [0.15, 0.2) is 18.3 Å². The van der Waals surface area contributed by atoms with E-state index in [0.29, 0.717) is 19.8 Å². The molecule has 1 aromatic heterocycles. The highest BCUT2D eigenvalue weighted by atomic mass is 16.5. The first kappa shape index (κ1) is 15.1. The Morgan fingerprint density at radius 2 is 2.00 bits per heavy atom. The molecule has 1 rings (SSSR count). The number of ether oxygens (including phenoxy) is 2. The molecule has 1 N–H and O–H groups in total. The maximum atomic E-state index is 5.50. The van der Waals surface area contributed by atoms with Gasteiger partial charge in [-0.15, -0.1) is 0 Å². The lowest BCUT2D eigenvalue weighted by Gasteiger charge is -2.06. The minimum atomic E-state index is 0.553. The van der Waals surface area contributed by atoms with E-state index in [0.717, 1.165) is 25.3 Å². The van der Waals surface area contributed by atoms with Crippen molar-refractivity contribution >= 4 is 0 Å². The minimum absolute atomic E-state index is 0.553. The molecule has 0 radical (unpaired) electrons. The summed E-state index contributed by atoms with van der Waals surface area (Å²) >= 11 is 0. The highest BCUT2D eigenvalue weighted by Gasteiger charge is 1.96. The second-order valence-electron chi connectivity index (χ2n) is 4.21. The summed E-state index contributed by atoms with van der Waals surface area (Å²) < 4.78 is 10.9. The summed E-state index contributed by atoms with van der Waals surface area (Å²) in [6, 6.07) is 4.07. The molecule has 0 saturated carbocycles. The third kappa shape index (κ3) is 6.69. The number of aromatic nitrogens is 1. The van der Waals surface area contributed by atoms with Gasteiger partial charge < -0.3 is 14.8 Å². The second kappa shape index (κ2) is 10.00. The number of hydrogen-bond donors (Lipinski definition) is 1. The number of unbranched alkanes of at least 4 members (excludes halogenated alkanes) is 1. The summed E-state index contributed by atoms with van der Waals surface area (Å²) in [7, 11) is 1.93. The van der Waals surface area contributed by atoms with Crippen molar-refractivity contribution in [3.05, 3.63) is 29.6 Å². The molecule has 0 saturated heterocycles. The van der Waals surface area contributed by atoms with Crippen molar-refractivity contribution in [2.24, 2.45) is 0 Å². The average molecular weight is 252 g/mol. The first-order chi connectivity index (χ1) is 8.86. The Bertz CT molecular complexity index is 301. The number of rotatable bonds is 10. The van der Waals surface area contributed by atoms with Crippen LogP contribution in [0.3, 0.4) is 0 Å². The Kier molecular flexibility index (Phi) is 8.38. The molecule has 0 atom stereocenters. The van der Waals surface area contributed by atoms with Gasteiger partial charge in [0.15, 0.2) is 0 Å². The van der Waals surface area contributed by atoms with Crippen LogP contribution in [0.4, 0.5) is 0 Å². The van der Waals surface area contributed by atoms with Crippen LogP contribution in [0, 0.1) is 0 Å². The number of pyridine rings is 1. The van der Waals surface area contributed by atoms with Crippen molar-refractivity contribution in [1.82, 2.24) is 10.3 Å². The van der Waals surface area contributed by atoms with Gasteiger partial charge in [0, 0.05) is 19.3 Å². The van der Waals surface area contributed by atoms with Gasteiger partial charge in [0.2, 0.25) is 0 Å². The molecule has 0 fully saturated rings. The predicted octanol–water partition coefficient (Wildman–Crippen LogP) is 2.13. The lowest BCUT2D eigenvalue weighted by Crippen LogP contribution is -2.07. The van der Waals surface area contributed by atoms with E-state index in [4.69, 9.17) is 9.47 Å². The monoisotopic (exact) mass is 252 g/mol. The van der Waals surface area contributed by atoms with Crippen LogP contribution in [0.2, 0.25) is 0 Å². The molecule has 102 valence electrons. The fourth-order valence-corrected chi connectivity index (χ4v) is 1.49. The van der Waals surface area contributed by atoms with E-state index in [1.807, 2.05) is 19.3 Å². The molecule has 1 heterocycles. The van der Waals surface area contributed by atoms with Crippen LogP contribution in [0.25, 0.3) is 0 Å². The van der Waals surface area contributed by atoms with Gasteiger partial charge in [0.25, 0.3) is 0 Å². The molecule has 0 aliphatic carbocycles. The Morgan fingerprint density at radius 3 is 2.67 bits per heavy atom. The predicted molar refractivity (Wildman–Crippen MR) is 72.4 cm³/mol. The van der Waals surface area contributed by atoms with E-state index < -0.39 is 0 Å². The van der Waals surface area contributed by atoms with Gasteiger partial charge in [0.1, 0.15) is 0 Å². The van der Waals surface area contributed by atoms with E-state index in [-0.39, 0.29) is 0 Å². The molecular weight excluding hydrogens is 228 g/mol. The van der Waals surface area contributed by atoms with Gasteiger partial charge in [-0.3, -0.25) is 4.98 Å². The molecular formula is C14H24N2O2. The van der Waals surface area contributed by atoms with Gasteiger partial charge in [-0.1, -0.05) is 19.4 Å². The topological polar surface area (TPSA) is 43.4 Å². The summed E-state index contributed by atoms with van der Waals surface area (Å²) in [4.78, 5) is 4.34. The Morgan fingerprint density at radius 1 is 1.17 bits per heavy atom. The number of nitrogens with one attached hydrogen (secondary N) is 1. The summed E-state index contributed by atoms with van der Waals surface area (Å²) in [6.45, 7) is 5.68. The summed E-state index contributed by atoms with van der Waals surface area (Å²) in [5.41, 5.74) is 2.15. The molecule has 0 unspecified atom stereocenters. The fraction of sp³-hybridized carbons (Fsp3) is 0.643. The molecule has 4 heteroatoms. The van der Waals surface area contributed by atoms with Gasteiger partial charge in [-0.05, 0) is 25.1 Å². The second-order valence-corrected chi connectivity index (χ2v) is 4.21. The smallest absolute Gasteiger partial charge is 0.0889 e. The maximum Gasteiger partial charge on any atom is 0.0889 e. The largest absolute Gasteiger partial charge is 0.379 e. The maximum absolute atomic E-state index is 5.50. The zero-order valence-electron chi connectivity index (χ0n) is 11.4. The quantitative estimate of drug-likeness (QED) is 0.648. The van der Waals surface area contributed by atoms with E-state index in [9.17, 15) is 0 Å². The first-order valence-corrected chi connectivity index (χ1v) is 6.60. The van der Waals surface area contributed by atoms with Crippen molar-refractivity contribution in [1.29, 1.82) is 0 Å². The number of nitrogens with zero attached hydrogens (tertiary/aromatic N) is 1. The summed E-state index contributed by atoms with van der Waals surface area (Å²) in [6.07, 6.45) is 4.17. The minimum Gasteiger partial charge on any atom is -0.379 e. The van der Waals surface area contributed by atoms with E-state index in [1.54, 1.807) is 0 Å². The SMILES string of the molecule is CCCCOCCOCc1ccc(CNC)cn1. The van der Waals surface area contributed by atoms with Crippen LogP contribution < -0.4 is 5.32 Å². The van der Waals surface area contributed by atoms with Crippen LogP contribution in [-0.2, 0) is 22.6 Å². The van der Waals surface area contributed by atoms with Crippen LogP contribution in [0.1, 0.15) is 31.0 Å². The molecule has 0 aliphatic rings. The lowest BCUT2D eigenvalue weighted by molar-refractivity contribution is 0.0386. The zero-order valence-corrected chi connectivity index (χ0v) is 11.4. The lowest BCUT2D eigenvalue weighted by atomic mass is 10.2. The molecule has 1 aromatic rings. The molecule has 0 spiro atoms. The van der Waals surface area contributed by atoms with Crippen molar-refractivity contribution < 1.29 is 9.47 Å². The molecule has 4 nitrogen and oxygen atoms in total. The zero-order chi connectivity index (χ0) is 13.1. The van der Waals surface area contributed by atoms with E-state index in [1.165, 1.54) is 12.0 Å². The van der Waals surface area contributed by atoms with Gasteiger partial charge >= 0.3 is 0 Å². The molecule has 0 bridgehead atoms. The normalized spacial score (nSPS) is 10.8. The third-order valence-electron chi connectivity index (χ3n) is 2.53. The summed E-state index contributed by atoms with van der Waals surface area (Å²) in [5.74, 6) is 0. The average Bonchev–Trinajstić information content (AvgIpc) is 2.40. The van der Waals surface area contributed by atoms with Gasteiger partial charge in [0.05, 0.1) is 25.5 Å². The Hall–Kier alpha value is -0.970. The first-order valence-electron chi connectivity index (χ1n) is 6.60. The Balaban J connectivity index is 2.08. The standard InChI is InChI=1S/C14H24N2O2/c1-3-4-7-17-8-9-18-12-14-6-5-13(10-15-2)11-16-14/h5-6,11,15H,3-4,7-10,12H2,1-2H3. The van der Waals surface area contributed by atoms with Crippen LogP contribution >= 0.6 is 0 Å². The van der Waals surface area contributed by atoms with Crippen molar-refractivity contribution in [3.63, 3.8) is 0 Å². The highest BCUT2D eigenvalue weighted by Crippen LogP contribution is 2.01. The number of hydrogen-bond acceptors (Lipinski definition) is 4. The highest BCUT2D eigenvalue weighted by molar-refractivity contribution is 5.13. The van der Waals surface area contributed by atoms with Crippen LogP contribution in [0.5, 0.6) is 0 Å². The van der Waals surface area contributed by atoms with Crippen molar-refractivity contribution in [3.8, 4) is 0 Å². The van der Waals surface area contributed by atoms with Crippen molar-refractivity contribution in [2.75, 3.05) is 26.9 Å². The Labute approximate surface area is 110 Å². The molecule has 0 aromatic carbocycles. The van der Waals surface area contributed by atoms with E-state index in [2.05, 4.69) is 23.3 Å². The van der Waals surface area contributed by atoms with Crippen molar-refractivity contribution in [2.45, 2.75) is 32.9 Å². The van der Waals surface area contributed by atoms with E-state index >= 15 is 0 Å². The molecule has 0 amide bonds. The molecule has 0 aliphatic heterocycles. The van der Waals surface area contributed by atoms with Gasteiger partial charge in [-0.25, -0.2) is 0 Å². The van der Waals surface area contributed by atoms with Gasteiger partial charge in [-0.2, -0.15) is 0 Å². The molecule has 18 heavy (non-hydrogen) atoms. The third-order valence-corrected chi connectivity index (χ3v) is 2.53. The van der Waals surface area contributed by atoms with Crippen LogP contribution in [-0.4, -0.2) is 31.9 Å².